The molecule has 9 nitrogen and oxygen atoms in total. The van der Waals surface area contributed by atoms with E-state index in [2.05, 4.69) is 16.8 Å². The predicted octanol–water partition coefficient (Wildman–Crippen LogP) is 2.07. The van der Waals surface area contributed by atoms with Crippen molar-refractivity contribution in [1.29, 1.82) is 0 Å². The predicted molar refractivity (Wildman–Crippen MR) is 149 cm³/mol. The normalized spacial score (nSPS) is 22.0. The monoisotopic (exact) mass is 556 g/mol. The van der Waals surface area contributed by atoms with E-state index < -0.39 is 16.1 Å². The number of amides is 1. The second-order valence-corrected chi connectivity index (χ2v) is 12.7. The molecule has 0 aromatic heterocycles. The molecule has 3 aliphatic heterocycles. The fraction of sp³-hybridized carbons (Fsp3) is 0.552. The maximum Gasteiger partial charge on any atom is 0.248 e. The number of likely N-dealkylation sites (tertiary alicyclic amines) is 1. The Kier molecular flexibility index (Phi) is 8.88. The summed E-state index contributed by atoms with van der Waals surface area (Å²) in [6, 6.07) is 14.6. The highest BCUT2D eigenvalue weighted by atomic mass is 32.2. The molecule has 1 atom stereocenters. The zero-order valence-electron chi connectivity index (χ0n) is 23.0. The summed E-state index contributed by atoms with van der Waals surface area (Å²) in [5.41, 5.74) is 2.10. The van der Waals surface area contributed by atoms with Crippen molar-refractivity contribution in [3.63, 3.8) is 0 Å². The highest BCUT2D eigenvalue weighted by Crippen LogP contribution is 2.30. The minimum absolute atomic E-state index is 0.0289. The molecular formula is C29H40N4O5S. The highest BCUT2D eigenvalue weighted by molar-refractivity contribution is 7.89. The number of methoxy groups -OCH3 is 1. The van der Waals surface area contributed by atoms with Crippen LogP contribution >= 0.6 is 0 Å². The van der Waals surface area contributed by atoms with E-state index in [0.717, 1.165) is 37.3 Å². The van der Waals surface area contributed by atoms with E-state index in [1.54, 1.807) is 31.4 Å². The number of sulfonamides is 1. The summed E-state index contributed by atoms with van der Waals surface area (Å²) in [6.45, 7) is 5.87. The van der Waals surface area contributed by atoms with Gasteiger partial charge in [-0.1, -0.05) is 24.3 Å². The number of ether oxygens (including phenoxy) is 2. The zero-order valence-corrected chi connectivity index (χ0v) is 23.8. The topological polar surface area (TPSA) is 82.6 Å². The first-order chi connectivity index (χ1) is 18.8. The number of piperazine rings is 1. The number of benzene rings is 2. The number of carbonyl (C=O) groups is 1. The van der Waals surface area contributed by atoms with Crippen molar-refractivity contribution in [1.82, 2.24) is 19.0 Å². The molecule has 0 radical (unpaired) electrons. The maximum atomic E-state index is 13.7. The van der Waals surface area contributed by atoms with E-state index in [0.29, 0.717) is 31.3 Å². The van der Waals surface area contributed by atoms with Crippen LogP contribution < -0.4 is 4.74 Å². The van der Waals surface area contributed by atoms with Crippen LogP contribution in [0.25, 0.3) is 0 Å². The molecule has 1 amide bonds. The van der Waals surface area contributed by atoms with E-state index in [-0.39, 0.29) is 30.6 Å². The van der Waals surface area contributed by atoms with Gasteiger partial charge < -0.3 is 19.3 Å². The molecule has 39 heavy (non-hydrogen) atoms. The van der Waals surface area contributed by atoms with E-state index in [1.807, 2.05) is 29.2 Å². The third-order valence-corrected chi connectivity index (χ3v) is 10.3. The minimum atomic E-state index is -3.78. The Bertz CT molecular complexity index is 1220. The lowest BCUT2D eigenvalue weighted by Gasteiger charge is -2.42. The fourth-order valence-corrected chi connectivity index (χ4v) is 7.53. The standard InChI is InChI=1S/C29H40N4O5S/c1-30-13-11-25(12-14-30)31-15-17-32(18-16-31)29(34)22-38-21-26-19-23-5-3-4-6-24(23)20-33(26)39(35,36)28-9-7-27(37-2)8-10-28/h3-10,25-26H,11-22H2,1-2H3. The minimum Gasteiger partial charge on any atom is -0.497 e. The molecule has 1 unspecified atom stereocenters. The first-order valence-electron chi connectivity index (χ1n) is 13.9. The van der Waals surface area contributed by atoms with E-state index in [9.17, 15) is 13.2 Å². The van der Waals surface area contributed by atoms with Crippen LogP contribution in [-0.2, 0) is 32.5 Å². The van der Waals surface area contributed by atoms with Gasteiger partial charge in [-0.2, -0.15) is 4.31 Å². The van der Waals surface area contributed by atoms with Crippen LogP contribution in [0.2, 0.25) is 0 Å². The fourth-order valence-electron chi connectivity index (χ4n) is 5.94. The van der Waals surface area contributed by atoms with Crippen molar-refractivity contribution in [2.45, 2.75) is 42.8 Å². The number of rotatable bonds is 8. The summed E-state index contributed by atoms with van der Waals surface area (Å²) < 4.78 is 40.0. The SMILES string of the molecule is COc1ccc(S(=O)(=O)N2Cc3ccccc3CC2COCC(=O)N2CCN(C3CCN(C)CC3)CC2)cc1. The average molecular weight is 557 g/mol. The quantitative estimate of drug-likeness (QED) is 0.492. The molecule has 2 aromatic carbocycles. The molecule has 5 rings (SSSR count). The van der Waals surface area contributed by atoms with Crippen molar-refractivity contribution in [2.24, 2.45) is 0 Å². The van der Waals surface area contributed by atoms with Crippen LogP contribution in [-0.4, -0.2) is 112 Å². The molecule has 0 saturated carbocycles. The van der Waals surface area contributed by atoms with Crippen LogP contribution in [0.5, 0.6) is 5.75 Å². The molecule has 3 heterocycles. The van der Waals surface area contributed by atoms with E-state index >= 15 is 0 Å². The number of hydrogen-bond acceptors (Lipinski definition) is 7. The smallest absolute Gasteiger partial charge is 0.248 e. The summed E-state index contributed by atoms with van der Waals surface area (Å²) >= 11 is 0. The van der Waals surface area contributed by atoms with Gasteiger partial charge in [0, 0.05) is 38.8 Å². The van der Waals surface area contributed by atoms with Crippen molar-refractivity contribution in [3.05, 3.63) is 59.7 Å². The lowest BCUT2D eigenvalue weighted by atomic mass is 9.96. The van der Waals surface area contributed by atoms with Gasteiger partial charge >= 0.3 is 0 Å². The second-order valence-electron chi connectivity index (χ2n) is 10.8. The third-order valence-electron chi connectivity index (χ3n) is 8.38. The largest absolute Gasteiger partial charge is 0.497 e. The molecule has 0 bridgehead atoms. The molecule has 0 N–H and O–H groups in total. The van der Waals surface area contributed by atoms with Gasteiger partial charge in [0.25, 0.3) is 0 Å². The van der Waals surface area contributed by atoms with E-state index in [4.69, 9.17) is 9.47 Å². The number of carbonyl (C=O) groups excluding carboxylic acids is 1. The number of hydrogen-bond donors (Lipinski definition) is 0. The second kappa shape index (κ2) is 12.3. The van der Waals surface area contributed by atoms with Gasteiger partial charge in [0.2, 0.25) is 15.9 Å². The van der Waals surface area contributed by atoms with Crippen LogP contribution in [0.1, 0.15) is 24.0 Å². The molecule has 3 aliphatic rings. The summed E-state index contributed by atoms with van der Waals surface area (Å²) in [6.07, 6.45) is 2.91. The Morgan fingerprint density at radius 3 is 2.26 bits per heavy atom. The molecule has 212 valence electrons. The molecule has 2 saturated heterocycles. The molecular weight excluding hydrogens is 516 g/mol. The Balaban J connectivity index is 1.19. The van der Waals surface area contributed by atoms with Crippen LogP contribution in [0.3, 0.4) is 0 Å². The molecule has 0 aliphatic carbocycles. The number of nitrogens with zero attached hydrogens (tertiary/aromatic N) is 4. The third kappa shape index (κ3) is 6.47. The first-order valence-corrected chi connectivity index (χ1v) is 15.3. The van der Waals surface area contributed by atoms with Crippen molar-refractivity contribution in [3.8, 4) is 5.75 Å². The highest BCUT2D eigenvalue weighted by Gasteiger charge is 2.36. The van der Waals surface area contributed by atoms with Gasteiger partial charge in [0.1, 0.15) is 12.4 Å². The van der Waals surface area contributed by atoms with Gasteiger partial charge in [0.15, 0.2) is 0 Å². The van der Waals surface area contributed by atoms with E-state index in [1.165, 1.54) is 17.1 Å². The van der Waals surface area contributed by atoms with Crippen molar-refractivity contribution >= 4 is 15.9 Å². The van der Waals surface area contributed by atoms with Crippen LogP contribution in [0.4, 0.5) is 0 Å². The van der Waals surface area contributed by atoms with Gasteiger partial charge in [-0.05, 0) is 74.8 Å². The number of fused-ring (bicyclic) bond motifs is 1. The lowest BCUT2D eigenvalue weighted by molar-refractivity contribution is -0.138. The maximum absolute atomic E-state index is 13.7. The van der Waals surface area contributed by atoms with Gasteiger partial charge in [-0.3, -0.25) is 9.69 Å². The van der Waals surface area contributed by atoms with Crippen LogP contribution in [0, 0.1) is 0 Å². The molecule has 2 fully saturated rings. The Morgan fingerprint density at radius 1 is 0.923 bits per heavy atom. The number of piperidine rings is 1. The zero-order chi connectivity index (χ0) is 27.4. The molecule has 0 spiro atoms. The average Bonchev–Trinajstić information content (AvgIpc) is 2.97. The lowest BCUT2D eigenvalue weighted by Crippen LogP contribution is -2.54. The Labute approximate surface area is 232 Å². The Hall–Kier alpha value is -2.50. The Morgan fingerprint density at radius 2 is 1.59 bits per heavy atom. The van der Waals surface area contributed by atoms with Crippen LogP contribution in [0.15, 0.2) is 53.4 Å². The van der Waals surface area contributed by atoms with Gasteiger partial charge in [-0.15, -0.1) is 0 Å². The van der Waals surface area contributed by atoms with Crippen molar-refractivity contribution < 1.29 is 22.7 Å². The summed E-state index contributed by atoms with van der Waals surface area (Å²) in [5, 5.41) is 0. The van der Waals surface area contributed by atoms with Crippen molar-refractivity contribution in [2.75, 3.05) is 66.6 Å². The first kappa shape index (κ1) is 28.0. The summed E-state index contributed by atoms with van der Waals surface area (Å²) in [7, 11) is -0.0524. The summed E-state index contributed by atoms with van der Waals surface area (Å²) in [5.74, 6) is 0.572. The molecule has 2 aromatic rings. The molecule has 10 heteroatoms. The van der Waals surface area contributed by atoms with Gasteiger partial charge in [-0.25, -0.2) is 8.42 Å². The summed E-state index contributed by atoms with van der Waals surface area (Å²) in [4.78, 5) is 20.0. The van der Waals surface area contributed by atoms with Gasteiger partial charge in [0.05, 0.1) is 24.7 Å².